The van der Waals surface area contributed by atoms with E-state index in [2.05, 4.69) is 35.6 Å². The van der Waals surface area contributed by atoms with Gasteiger partial charge in [-0.3, -0.25) is 9.69 Å². The van der Waals surface area contributed by atoms with E-state index in [1.165, 1.54) is 0 Å². The van der Waals surface area contributed by atoms with Crippen LogP contribution < -0.4 is 0 Å². The van der Waals surface area contributed by atoms with E-state index in [9.17, 15) is 4.79 Å². The van der Waals surface area contributed by atoms with E-state index in [1.54, 1.807) is 12.5 Å². The van der Waals surface area contributed by atoms with Crippen LogP contribution in [0.2, 0.25) is 0 Å². The second-order valence-corrected chi connectivity index (χ2v) is 6.14. The number of carbonyl (C=O) groups is 1. The molecule has 1 unspecified atom stereocenters. The highest BCUT2D eigenvalue weighted by molar-refractivity contribution is 5.76. The summed E-state index contributed by atoms with van der Waals surface area (Å²) in [5.41, 5.74) is 0. The second-order valence-electron chi connectivity index (χ2n) is 6.14. The first-order valence-electron chi connectivity index (χ1n) is 8.11. The topological polar surface area (TPSA) is 41.4 Å². The van der Waals surface area contributed by atoms with Crippen molar-refractivity contribution in [1.29, 1.82) is 0 Å². The summed E-state index contributed by atoms with van der Waals surface area (Å²) in [6.07, 6.45) is 8.15. The van der Waals surface area contributed by atoms with E-state index in [4.69, 9.17) is 0 Å². The highest BCUT2D eigenvalue weighted by atomic mass is 16.2. The monoisotopic (exact) mass is 292 g/mol. The number of nitrogens with zero attached hydrogens (tertiary/aromatic N) is 4. The fourth-order valence-electron chi connectivity index (χ4n) is 3.13. The first-order valence-corrected chi connectivity index (χ1v) is 8.11. The third-order valence-corrected chi connectivity index (χ3v) is 4.38. The molecule has 0 aromatic carbocycles. The summed E-state index contributed by atoms with van der Waals surface area (Å²) in [4.78, 5) is 20.9. The van der Waals surface area contributed by atoms with Crippen LogP contribution in [-0.2, 0) is 11.3 Å². The highest BCUT2D eigenvalue weighted by Gasteiger charge is 2.29. The molecule has 1 saturated heterocycles. The van der Waals surface area contributed by atoms with Crippen LogP contribution in [0.3, 0.4) is 0 Å². The summed E-state index contributed by atoms with van der Waals surface area (Å²) in [7, 11) is 0. The molecule has 0 aliphatic carbocycles. The van der Waals surface area contributed by atoms with Crippen molar-refractivity contribution < 1.29 is 4.79 Å². The van der Waals surface area contributed by atoms with Crippen molar-refractivity contribution in [3.63, 3.8) is 0 Å². The SMILES string of the molecule is CCC1CN(C(=O)CCCn2ccnc2)CCN1C(C)C. The van der Waals surface area contributed by atoms with E-state index >= 15 is 0 Å². The molecule has 0 N–H and O–H groups in total. The lowest BCUT2D eigenvalue weighted by molar-refractivity contribution is -0.134. The van der Waals surface area contributed by atoms with Gasteiger partial charge >= 0.3 is 0 Å². The van der Waals surface area contributed by atoms with Gasteiger partial charge in [-0.2, -0.15) is 0 Å². The van der Waals surface area contributed by atoms with E-state index < -0.39 is 0 Å². The van der Waals surface area contributed by atoms with E-state index in [0.29, 0.717) is 24.4 Å². The minimum absolute atomic E-state index is 0.303. The Morgan fingerprint density at radius 1 is 1.38 bits per heavy atom. The van der Waals surface area contributed by atoms with Gasteiger partial charge in [0.15, 0.2) is 0 Å². The molecule has 0 radical (unpaired) electrons. The van der Waals surface area contributed by atoms with Gasteiger partial charge < -0.3 is 9.47 Å². The number of hydrogen-bond acceptors (Lipinski definition) is 3. The van der Waals surface area contributed by atoms with Crippen LogP contribution >= 0.6 is 0 Å². The Labute approximate surface area is 127 Å². The number of piperazine rings is 1. The molecule has 2 rings (SSSR count). The standard InChI is InChI=1S/C16H28N4O/c1-4-15-12-19(10-11-20(15)14(2)3)16(21)6-5-8-18-9-7-17-13-18/h7,9,13-15H,4-6,8,10-12H2,1-3H3. The lowest BCUT2D eigenvalue weighted by Gasteiger charge is -2.43. The largest absolute Gasteiger partial charge is 0.340 e. The first-order chi connectivity index (χ1) is 10.1. The third kappa shape index (κ3) is 4.30. The molecule has 1 fully saturated rings. The number of aryl methyl sites for hydroxylation is 1. The van der Waals surface area contributed by atoms with Gasteiger partial charge in [0.05, 0.1) is 6.33 Å². The van der Waals surface area contributed by atoms with Crippen LogP contribution in [0.1, 0.15) is 40.0 Å². The lowest BCUT2D eigenvalue weighted by Crippen LogP contribution is -2.56. The molecule has 2 heterocycles. The number of rotatable bonds is 6. The Bertz CT molecular complexity index is 429. The molecular weight excluding hydrogens is 264 g/mol. The minimum atomic E-state index is 0.303. The van der Waals surface area contributed by atoms with Crippen LogP contribution in [0, 0.1) is 0 Å². The molecule has 1 aromatic rings. The number of hydrogen-bond donors (Lipinski definition) is 0. The maximum absolute atomic E-state index is 12.3. The predicted octanol–water partition coefficient (Wildman–Crippen LogP) is 1.99. The van der Waals surface area contributed by atoms with E-state index in [1.807, 2.05) is 10.8 Å². The van der Waals surface area contributed by atoms with E-state index in [0.717, 1.165) is 39.0 Å². The van der Waals surface area contributed by atoms with Crippen molar-refractivity contribution in [2.75, 3.05) is 19.6 Å². The molecule has 0 bridgehead atoms. The van der Waals surface area contributed by atoms with Crippen molar-refractivity contribution in [1.82, 2.24) is 19.4 Å². The molecule has 5 nitrogen and oxygen atoms in total. The zero-order chi connectivity index (χ0) is 15.2. The summed E-state index contributed by atoms with van der Waals surface area (Å²) < 4.78 is 2.03. The van der Waals surface area contributed by atoms with Gasteiger partial charge in [-0.05, 0) is 26.7 Å². The summed E-state index contributed by atoms with van der Waals surface area (Å²) >= 11 is 0. The van der Waals surface area contributed by atoms with Crippen molar-refractivity contribution in [3.05, 3.63) is 18.7 Å². The smallest absolute Gasteiger partial charge is 0.222 e. The molecule has 21 heavy (non-hydrogen) atoms. The maximum Gasteiger partial charge on any atom is 0.222 e. The van der Waals surface area contributed by atoms with Crippen LogP contribution in [0.25, 0.3) is 0 Å². The first kappa shape index (κ1) is 16.0. The molecular formula is C16H28N4O. The molecule has 1 amide bonds. The lowest BCUT2D eigenvalue weighted by atomic mass is 10.1. The van der Waals surface area contributed by atoms with Crippen molar-refractivity contribution in [2.45, 2.75) is 58.7 Å². The van der Waals surface area contributed by atoms with Gasteiger partial charge in [-0.15, -0.1) is 0 Å². The van der Waals surface area contributed by atoms with Gasteiger partial charge in [-0.1, -0.05) is 6.92 Å². The fraction of sp³-hybridized carbons (Fsp3) is 0.750. The predicted molar refractivity (Wildman–Crippen MR) is 84.0 cm³/mol. The number of amides is 1. The van der Waals surface area contributed by atoms with Gasteiger partial charge in [-0.25, -0.2) is 4.98 Å². The van der Waals surface area contributed by atoms with E-state index in [-0.39, 0.29) is 0 Å². The van der Waals surface area contributed by atoms with Gasteiger partial charge in [0.2, 0.25) is 5.91 Å². The van der Waals surface area contributed by atoms with Gasteiger partial charge in [0.25, 0.3) is 0 Å². The van der Waals surface area contributed by atoms with Crippen LogP contribution in [0.4, 0.5) is 0 Å². The number of imidazole rings is 1. The molecule has 0 spiro atoms. The molecule has 1 atom stereocenters. The Kier molecular flexibility index (Phi) is 5.79. The van der Waals surface area contributed by atoms with Crippen molar-refractivity contribution in [3.8, 4) is 0 Å². The second kappa shape index (κ2) is 7.59. The highest BCUT2D eigenvalue weighted by Crippen LogP contribution is 2.17. The molecule has 1 aliphatic rings. The van der Waals surface area contributed by atoms with Gasteiger partial charge in [0.1, 0.15) is 0 Å². The Morgan fingerprint density at radius 3 is 2.81 bits per heavy atom. The quantitative estimate of drug-likeness (QED) is 0.805. The van der Waals surface area contributed by atoms with Crippen molar-refractivity contribution in [2.24, 2.45) is 0 Å². The summed E-state index contributed by atoms with van der Waals surface area (Å²) in [6, 6.07) is 1.07. The average molecular weight is 292 g/mol. The number of carbonyl (C=O) groups excluding carboxylic acids is 1. The molecule has 118 valence electrons. The number of aromatic nitrogens is 2. The molecule has 0 saturated carbocycles. The maximum atomic E-state index is 12.3. The van der Waals surface area contributed by atoms with Crippen LogP contribution in [-0.4, -0.2) is 57.0 Å². The Balaban J connectivity index is 1.77. The average Bonchev–Trinajstić information content (AvgIpc) is 2.99. The zero-order valence-electron chi connectivity index (χ0n) is 13.5. The minimum Gasteiger partial charge on any atom is -0.340 e. The van der Waals surface area contributed by atoms with Gasteiger partial charge in [0, 0.05) is 57.1 Å². The summed E-state index contributed by atoms with van der Waals surface area (Å²) in [6.45, 7) is 10.3. The third-order valence-electron chi connectivity index (χ3n) is 4.38. The summed E-state index contributed by atoms with van der Waals surface area (Å²) in [5, 5.41) is 0. The normalized spacial score (nSPS) is 20.2. The Morgan fingerprint density at radius 2 is 2.19 bits per heavy atom. The molecule has 5 heteroatoms. The molecule has 1 aliphatic heterocycles. The van der Waals surface area contributed by atoms with Crippen LogP contribution in [0.15, 0.2) is 18.7 Å². The van der Waals surface area contributed by atoms with Crippen LogP contribution in [0.5, 0.6) is 0 Å². The zero-order valence-corrected chi connectivity index (χ0v) is 13.5. The molecule has 1 aromatic heterocycles. The summed E-state index contributed by atoms with van der Waals surface area (Å²) in [5.74, 6) is 0.303. The van der Waals surface area contributed by atoms with Crippen molar-refractivity contribution >= 4 is 5.91 Å². The Hall–Kier alpha value is -1.36. The fourth-order valence-corrected chi connectivity index (χ4v) is 3.13.